The van der Waals surface area contributed by atoms with Crippen LogP contribution in [0.3, 0.4) is 0 Å². The fourth-order valence-electron chi connectivity index (χ4n) is 2.52. The van der Waals surface area contributed by atoms with Gasteiger partial charge in [-0.15, -0.1) is 0 Å². The first-order chi connectivity index (χ1) is 16.6. The zero-order valence-corrected chi connectivity index (χ0v) is 22.1. The molecule has 1 heterocycles. The fraction of sp³-hybridized carbons (Fsp3) is 0.870. The number of amides is 3. The highest BCUT2D eigenvalue weighted by atomic mass is 16.6. The van der Waals surface area contributed by atoms with Crippen LogP contribution in [0.25, 0.3) is 0 Å². The zero-order chi connectivity index (χ0) is 27.4. The van der Waals surface area contributed by atoms with Crippen LogP contribution in [0.2, 0.25) is 0 Å². The Morgan fingerprint density at radius 3 is 1.63 bits per heavy atom. The number of hydrogen-bond donors (Lipinski definition) is 4. The van der Waals surface area contributed by atoms with Crippen LogP contribution in [0.5, 0.6) is 0 Å². The van der Waals surface area contributed by atoms with E-state index in [4.69, 9.17) is 34.3 Å². The first-order valence-corrected chi connectivity index (χ1v) is 11.9. The van der Waals surface area contributed by atoms with Crippen molar-refractivity contribution >= 4 is 18.7 Å². The molecule has 0 spiro atoms. The van der Waals surface area contributed by atoms with E-state index >= 15 is 0 Å². The van der Waals surface area contributed by atoms with Crippen LogP contribution < -0.4 is 17.2 Å². The second-order valence-electron chi connectivity index (χ2n) is 8.53. The lowest BCUT2D eigenvalue weighted by Crippen LogP contribution is -2.32. The fourth-order valence-corrected chi connectivity index (χ4v) is 2.52. The van der Waals surface area contributed by atoms with E-state index in [9.17, 15) is 9.90 Å². The molecule has 35 heavy (non-hydrogen) atoms. The number of carbonyl (C=O) groups is 3. The molecule has 1 aliphatic rings. The highest BCUT2D eigenvalue weighted by Gasteiger charge is 2.27. The minimum absolute atomic E-state index is 0.0463. The molecule has 0 radical (unpaired) electrons. The summed E-state index contributed by atoms with van der Waals surface area (Å²) >= 11 is 0. The third-order valence-corrected chi connectivity index (χ3v) is 3.92. The summed E-state index contributed by atoms with van der Waals surface area (Å²) in [6.45, 7) is 15.1. The number of likely N-dealkylation sites (tertiary alicyclic amines) is 1. The van der Waals surface area contributed by atoms with Gasteiger partial charge in [-0.05, 0) is 18.3 Å². The molecule has 1 unspecified atom stereocenters. The molecule has 1 aliphatic heterocycles. The van der Waals surface area contributed by atoms with Crippen LogP contribution in [0.1, 0.15) is 47.0 Å². The monoisotopic (exact) mass is 510 g/mol. The Labute approximate surface area is 210 Å². The van der Waals surface area contributed by atoms with Crippen LogP contribution in [0, 0.1) is 5.41 Å². The molecule has 0 bridgehead atoms. The predicted molar refractivity (Wildman–Crippen MR) is 134 cm³/mol. The van der Waals surface area contributed by atoms with Crippen LogP contribution in [-0.2, 0) is 33.3 Å². The number of primary amides is 2. The van der Waals surface area contributed by atoms with Gasteiger partial charge in [-0.2, -0.15) is 0 Å². The third kappa shape index (κ3) is 34.4. The van der Waals surface area contributed by atoms with Crippen LogP contribution in [-0.4, -0.2) is 107 Å². The molecular formula is C23H50N4O8. The Morgan fingerprint density at radius 2 is 1.31 bits per heavy atom. The molecule has 7 N–H and O–H groups in total. The van der Waals surface area contributed by atoms with Gasteiger partial charge in [-0.1, -0.05) is 27.7 Å². The summed E-state index contributed by atoms with van der Waals surface area (Å²) < 4.78 is 21.0. The molecule has 0 aliphatic carbocycles. The molecule has 3 amide bonds. The van der Waals surface area contributed by atoms with Gasteiger partial charge in [0.05, 0.1) is 52.4 Å². The van der Waals surface area contributed by atoms with Gasteiger partial charge in [0, 0.05) is 32.7 Å². The standard InChI is InChI=1S/C11H25NO4.C10H19NO2.2CH3NO/c1-2-4-13-6-8-15-10-11-16-9-7-14-5-3-12;1-10(2,3)6-9(13)11-5-4-8(12)7-11;2*2-1-3/h2-12H2,1H3;8,12H,4-7H2,1-3H3;2*1H,(H2,2,3). The molecule has 0 aromatic carbocycles. The lowest BCUT2D eigenvalue weighted by Gasteiger charge is -2.22. The summed E-state index contributed by atoms with van der Waals surface area (Å²) in [5, 5.41) is 9.25. The quantitative estimate of drug-likeness (QED) is 0.178. The SMILES string of the molecule is CC(C)(C)CC(=O)N1CCC(O)C1.CCCOCCOCCOCCOCCN.NC=O.NC=O. The van der Waals surface area contributed by atoms with Gasteiger partial charge in [-0.25, -0.2) is 0 Å². The first kappa shape index (κ1) is 37.7. The minimum Gasteiger partial charge on any atom is -0.391 e. The molecule has 0 aromatic rings. The van der Waals surface area contributed by atoms with Crippen molar-refractivity contribution in [1.29, 1.82) is 0 Å². The lowest BCUT2D eigenvalue weighted by atomic mass is 9.92. The number of rotatable bonds is 14. The maximum absolute atomic E-state index is 11.6. The Kier molecular flexibility index (Phi) is 30.6. The summed E-state index contributed by atoms with van der Waals surface area (Å²) in [5.74, 6) is 0.170. The van der Waals surface area contributed by atoms with Gasteiger partial charge in [0.25, 0.3) is 0 Å². The second-order valence-corrected chi connectivity index (χ2v) is 8.53. The highest BCUT2D eigenvalue weighted by molar-refractivity contribution is 5.77. The Hall–Kier alpha value is -1.83. The second kappa shape index (κ2) is 28.4. The van der Waals surface area contributed by atoms with Gasteiger partial charge in [0.1, 0.15) is 0 Å². The van der Waals surface area contributed by atoms with Gasteiger partial charge < -0.3 is 46.2 Å². The summed E-state index contributed by atoms with van der Waals surface area (Å²) in [5.41, 5.74) is 13.6. The van der Waals surface area contributed by atoms with Gasteiger partial charge in [0.2, 0.25) is 18.7 Å². The normalized spacial score (nSPS) is 14.5. The largest absolute Gasteiger partial charge is 0.391 e. The van der Waals surface area contributed by atoms with E-state index in [1.807, 2.05) is 0 Å². The average molecular weight is 511 g/mol. The van der Waals surface area contributed by atoms with E-state index < -0.39 is 0 Å². The number of β-amino-alcohol motifs (C(OH)–C–C–N with tert-alkyl or cyclic N) is 1. The number of hydrogen-bond acceptors (Lipinski definition) is 9. The summed E-state index contributed by atoms with van der Waals surface area (Å²) in [7, 11) is 0. The number of aliphatic hydroxyl groups excluding tert-OH is 1. The van der Waals surface area contributed by atoms with Crippen molar-refractivity contribution in [3.63, 3.8) is 0 Å². The topological polar surface area (TPSA) is 190 Å². The Bertz CT molecular complexity index is 459. The molecule has 12 heteroatoms. The number of carbonyl (C=O) groups excluding carboxylic acids is 3. The van der Waals surface area contributed by atoms with Crippen LogP contribution in [0.4, 0.5) is 0 Å². The van der Waals surface area contributed by atoms with Crippen molar-refractivity contribution in [2.45, 2.75) is 53.1 Å². The number of ether oxygens (including phenoxy) is 4. The molecule has 12 nitrogen and oxygen atoms in total. The molecule has 1 saturated heterocycles. The first-order valence-electron chi connectivity index (χ1n) is 11.9. The maximum Gasteiger partial charge on any atom is 0.223 e. The van der Waals surface area contributed by atoms with Crippen molar-refractivity contribution in [2.24, 2.45) is 22.6 Å². The molecule has 0 aromatic heterocycles. The van der Waals surface area contributed by atoms with Crippen LogP contribution >= 0.6 is 0 Å². The molecule has 1 atom stereocenters. The predicted octanol–water partition coefficient (Wildman–Crippen LogP) is -0.360. The van der Waals surface area contributed by atoms with E-state index in [1.54, 1.807) is 4.90 Å². The zero-order valence-electron chi connectivity index (χ0n) is 22.1. The summed E-state index contributed by atoms with van der Waals surface area (Å²) in [6, 6.07) is 0. The Morgan fingerprint density at radius 1 is 0.914 bits per heavy atom. The smallest absolute Gasteiger partial charge is 0.223 e. The number of aliphatic hydroxyl groups is 1. The number of nitrogens with zero attached hydrogens (tertiary/aromatic N) is 1. The number of nitrogens with two attached hydrogens (primary N) is 3. The molecule has 1 fully saturated rings. The van der Waals surface area contributed by atoms with Crippen molar-refractivity contribution < 1.29 is 38.4 Å². The van der Waals surface area contributed by atoms with Gasteiger partial charge in [-0.3, -0.25) is 14.4 Å². The molecule has 1 rings (SSSR count). The van der Waals surface area contributed by atoms with E-state index in [1.165, 1.54) is 0 Å². The van der Waals surface area contributed by atoms with E-state index in [0.29, 0.717) is 65.8 Å². The Balaban J connectivity index is -0.000000482. The van der Waals surface area contributed by atoms with Gasteiger partial charge in [0.15, 0.2) is 0 Å². The van der Waals surface area contributed by atoms with Gasteiger partial charge >= 0.3 is 0 Å². The minimum atomic E-state index is -0.302. The van der Waals surface area contributed by atoms with E-state index in [-0.39, 0.29) is 30.2 Å². The third-order valence-electron chi connectivity index (χ3n) is 3.92. The van der Waals surface area contributed by atoms with Crippen molar-refractivity contribution in [2.75, 3.05) is 72.5 Å². The summed E-state index contributed by atoms with van der Waals surface area (Å²) in [6.07, 6.45) is 2.55. The molecular weight excluding hydrogens is 460 g/mol. The van der Waals surface area contributed by atoms with E-state index in [2.05, 4.69) is 39.2 Å². The van der Waals surface area contributed by atoms with Crippen molar-refractivity contribution in [3.05, 3.63) is 0 Å². The van der Waals surface area contributed by atoms with Crippen LogP contribution in [0.15, 0.2) is 0 Å². The maximum atomic E-state index is 11.6. The average Bonchev–Trinajstić information content (AvgIpc) is 3.22. The van der Waals surface area contributed by atoms with E-state index in [0.717, 1.165) is 26.0 Å². The van der Waals surface area contributed by atoms with Crippen molar-refractivity contribution in [3.8, 4) is 0 Å². The van der Waals surface area contributed by atoms with Crippen molar-refractivity contribution in [1.82, 2.24) is 4.90 Å². The lowest BCUT2D eigenvalue weighted by molar-refractivity contribution is -0.132. The highest BCUT2D eigenvalue weighted by Crippen LogP contribution is 2.21. The molecule has 0 saturated carbocycles. The molecule has 210 valence electrons. The summed E-state index contributed by atoms with van der Waals surface area (Å²) in [4.78, 5) is 30.5.